The quantitative estimate of drug-likeness (QED) is 0.852. The van der Waals surface area contributed by atoms with Crippen molar-refractivity contribution in [1.82, 2.24) is 15.3 Å². The van der Waals surface area contributed by atoms with Crippen molar-refractivity contribution in [1.29, 1.82) is 0 Å². The largest absolute Gasteiger partial charge is 0.313 e. The lowest BCUT2D eigenvalue weighted by atomic mass is 10.1. The normalized spacial score (nSPS) is 12.9. The maximum Gasteiger partial charge on any atom is 0.262 e. The average molecular weight is 306 g/mol. The van der Waals surface area contributed by atoms with E-state index in [0.717, 1.165) is 12.0 Å². The fraction of sp³-hybridized carbons (Fsp3) is 0.286. The van der Waals surface area contributed by atoms with E-state index in [9.17, 15) is 8.42 Å². The lowest BCUT2D eigenvalue weighted by Gasteiger charge is -2.15. The van der Waals surface area contributed by atoms with Crippen LogP contribution >= 0.6 is 0 Å². The van der Waals surface area contributed by atoms with Crippen LogP contribution in [0.2, 0.25) is 0 Å². The Bertz CT molecular complexity index is 685. The van der Waals surface area contributed by atoms with Crippen molar-refractivity contribution in [2.45, 2.75) is 24.3 Å². The van der Waals surface area contributed by atoms with Crippen LogP contribution in [0.4, 0.5) is 5.69 Å². The number of hydrogen-bond donors (Lipinski definition) is 2. The third-order valence-corrected chi connectivity index (χ3v) is 4.52. The molecule has 0 fully saturated rings. The number of anilines is 1. The van der Waals surface area contributed by atoms with Gasteiger partial charge in [-0.05, 0) is 31.2 Å². The van der Waals surface area contributed by atoms with Gasteiger partial charge in [-0.15, -0.1) is 0 Å². The summed E-state index contributed by atoms with van der Waals surface area (Å²) in [7, 11) is -1.79. The minimum atomic E-state index is -3.64. The van der Waals surface area contributed by atoms with Crippen LogP contribution in [0, 0.1) is 0 Å². The standard InChI is InChI=1S/C14H18N4O2S/c1-3-14(15-2)11-5-4-6-13(7-11)21(19,20)18-12-8-16-10-17-9-12/h4-10,14-15,18H,3H2,1-2H3. The van der Waals surface area contributed by atoms with Crippen molar-refractivity contribution in [3.8, 4) is 0 Å². The van der Waals surface area contributed by atoms with Crippen molar-refractivity contribution in [3.05, 3.63) is 48.5 Å². The summed E-state index contributed by atoms with van der Waals surface area (Å²) >= 11 is 0. The molecular weight excluding hydrogens is 288 g/mol. The lowest BCUT2D eigenvalue weighted by Crippen LogP contribution is -2.17. The molecule has 0 aliphatic rings. The van der Waals surface area contributed by atoms with E-state index in [1.807, 2.05) is 20.0 Å². The summed E-state index contributed by atoms with van der Waals surface area (Å²) in [5, 5.41) is 3.16. The summed E-state index contributed by atoms with van der Waals surface area (Å²) in [6, 6.07) is 7.02. The first-order chi connectivity index (χ1) is 10.1. The molecule has 6 nitrogen and oxygen atoms in total. The van der Waals surface area contributed by atoms with Crippen LogP contribution in [0.1, 0.15) is 24.9 Å². The van der Waals surface area contributed by atoms with Crippen molar-refractivity contribution >= 4 is 15.7 Å². The zero-order valence-corrected chi connectivity index (χ0v) is 12.8. The van der Waals surface area contributed by atoms with E-state index in [0.29, 0.717) is 5.69 Å². The minimum absolute atomic E-state index is 0.125. The molecule has 1 aromatic heterocycles. The van der Waals surface area contributed by atoms with Crippen LogP contribution in [0.5, 0.6) is 0 Å². The highest BCUT2D eigenvalue weighted by Gasteiger charge is 2.16. The first-order valence-electron chi connectivity index (χ1n) is 6.62. The van der Waals surface area contributed by atoms with Gasteiger partial charge in [0.15, 0.2) is 0 Å². The third kappa shape index (κ3) is 3.77. The minimum Gasteiger partial charge on any atom is -0.313 e. The molecule has 1 aromatic carbocycles. The molecule has 1 heterocycles. The van der Waals surface area contributed by atoms with E-state index < -0.39 is 10.0 Å². The molecule has 7 heteroatoms. The molecule has 0 saturated heterocycles. The summed E-state index contributed by atoms with van der Waals surface area (Å²) in [4.78, 5) is 7.79. The Balaban J connectivity index is 2.30. The molecule has 2 rings (SSSR count). The van der Waals surface area contributed by atoms with Gasteiger partial charge in [0.05, 0.1) is 23.0 Å². The Hall–Kier alpha value is -1.99. The number of nitrogens with zero attached hydrogens (tertiary/aromatic N) is 2. The Morgan fingerprint density at radius 2 is 1.95 bits per heavy atom. The molecule has 21 heavy (non-hydrogen) atoms. The Morgan fingerprint density at radius 3 is 2.57 bits per heavy atom. The Labute approximate surface area is 124 Å². The van der Waals surface area contributed by atoms with E-state index in [-0.39, 0.29) is 10.9 Å². The van der Waals surface area contributed by atoms with Crippen molar-refractivity contribution in [3.63, 3.8) is 0 Å². The summed E-state index contributed by atoms with van der Waals surface area (Å²) in [5.74, 6) is 0. The number of rotatable bonds is 6. The van der Waals surface area contributed by atoms with E-state index in [2.05, 4.69) is 20.0 Å². The lowest BCUT2D eigenvalue weighted by molar-refractivity contribution is 0.574. The second kappa shape index (κ2) is 6.64. The van der Waals surface area contributed by atoms with Gasteiger partial charge in [-0.3, -0.25) is 4.72 Å². The fourth-order valence-electron chi connectivity index (χ4n) is 2.07. The molecule has 1 unspecified atom stereocenters. The van der Waals surface area contributed by atoms with Gasteiger partial charge in [0, 0.05) is 6.04 Å². The molecule has 0 radical (unpaired) electrons. The second-order valence-electron chi connectivity index (χ2n) is 4.55. The van der Waals surface area contributed by atoms with Gasteiger partial charge >= 0.3 is 0 Å². The number of hydrogen-bond acceptors (Lipinski definition) is 5. The predicted molar refractivity (Wildman–Crippen MR) is 81.4 cm³/mol. The molecule has 2 N–H and O–H groups in total. The first-order valence-corrected chi connectivity index (χ1v) is 8.10. The Morgan fingerprint density at radius 1 is 1.24 bits per heavy atom. The highest BCUT2D eigenvalue weighted by Crippen LogP contribution is 2.21. The maximum absolute atomic E-state index is 12.4. The van der Waals surface area contributed by atoms with Crippen LogP contribution in [0.3, 0.4) is 0 Å². The molecule has 112 valence electrons. The molecule has 0 bridgehead atoms. The monoisotopic (exact) mass is 306 g/mol. The molecule has 1 atom stereocenters. The van der Waals surface area contributed by atoms with Crippen molar-refractivity contribution in [2.24, 2.45) is 0 Å². The van der Waals surface area contributed by atoms with Crippen LogP contribution in [0.15, 0.2) is 47.9 Å². The molecule has 0 saturated carbocycles. The van der Waals surface area contributed by atoms with Crippen LogP contribution in [-0.2, 0) is 10.0 Å². The van der Waals surface area contributed by atoms with Gasteiger partial charge in [-0.2, -0.15) is 0 Å². The van der Waals surface area contributed by atoms with Gasteiger partial charge in [-0.1, -0.05) is 19.1 Å². The van der Waals surface area contributed by atoms with Gasteiger partial charge in [0.25, 0.3) is 10.0 Å². The SMILES string of the molecule is CCC(NC)c1cccc(S(=O)(=O)Nc2cncnc2)c1. The van der Waals surface area contributed by atoms with E-state index in [1.165, 1.54) is 18.7 Å². The van der Waals surface area contributed by atoms with Crippen LogP contribution in [0.25, 0.3) is 0 Å². The average Bonchev–Trinajstić information content (AvgIpc) is 2.49. The van der Waals surface area contributed by atoms with E-state index in [4.69, 9.17) is 0 Å². The zero-order chi connectivity index (χ0) is 15.3. The van der Waals surface area contributed by atoms with Crippen LogP contribution in [-0.4, -0.2) is 25.4 Å². The molecule has 0 amide bonds. The summed E-state index contributed by atoms with van der Waals surface area (Å²) < 4.78 is 27.2. The van der Waals surface area contributed by atoms with E-state index >= 15 is 0 Å². The second-order valence-corrected chi connectivity index (χ2v) is 6.24. The predicted octanol–water partition coefficient (Wildman–Crippen LogP) is 1.95. The molecule has 2 aromatic rings. The summed E-state index contributed by atoms with van der Waals surface area (Å²) in [6.07, 6.45) is 5.05. The van der Waals surface area contributed by atoms with Crippen LogP contribution < -0.4 is 10.0 Å². The topological polar surface area (TPSA) is 84.0 Å². The van der Waals surface area contributed by atoms with Crippen molar-refractivity contribution in [2.75, 3.05) is 11.8 Å². The number of benzene rings is 1. The molecular formula is C14H18N4O2S. The number of sulfonamides is 1. The Kier molecular flexibility index (Phi) is 4.87. The van der Waals surface area contributed by atoms with E-state index in [1.54, 1.807) is 18.2 Å². The molecule has 0 aliphatic heterocycles. The highest BCUT2D eigenvalue weighted by molar-refractivity contribution is 7.92. The van der Waals surface area contributed by atoms with Gasteiger partial charge in [0.2, 0.25) is 0 Å². The molecule has 0 aliphatic carbocycles. The fourth-order valence-corrected chi connectivity index (χ4v) is 3.15. The smallest absolute Gasteiger partial charge is 0.262 e. The third-order valence-electron chi connectivity index (χ3n) is 3.14. The van der Waals surface area contributed by atoms with Gasteiger partial charge in [-0.25, -0.2) is 18.4 Å². The van der Waals surface area contributed by atoms with Crippen molar-refractivity contribution < 1.29 is 8.42 Å². The zero-order valence-electron chi connectivity index (χ0n) is 11.9. The van der Waals surface area contributed by atoms with Gasteiger partial charge < -0.3 is 5.32 Å². The van der Waals surface area contributed by atoms with Gasteiger partial charge in [0.1, 0.15) is 6.33 Å². The first kappa shape index (κ1) is 15.4. The number of nitrogens with one attached hydrogen (secondary N) is 2. The summed E-state index contributed by atoms with van der Waals surface area (Å²) in [5.41, 5.74) is 1.27. The summed E-state index contributed by atoms with van der Waals surface area (Å²) in [6.45, 7) is 2.04. The number of aromatic nitrogens is 2. The highest BCUT2D eigenvalue weighted by atomic mass is 32.2. The molecule has 0 spiro atoms. The maximum atomic E-state index is 12.4.